The number of hydrogen-bond acceptors (Lipinski definition) is 5. The monoisotopic (exact) mass is 314 g/mol. The van der Waals surface area contributed by atoms with Gasteiger partial charge in [-0.25, -0.2) is 0 Å². The minimum atomic E-state index is -1.72. The topological polar surface area (TPSA) is 54.0 Å². The first kappa shape index (κ1) is 16.5. The van der Waals surface area contributed by atoms with Gasteiger partial charge in [-0.15, -0.1) is 0 Å². The summed E-state index contributed by atoms with van der Waals surface area (Å²) in [6.45, 7) is 9.68. The molecule has 0 amide bonds. The molecule has 2 rings (SSSR count). The van der Waals surface area contributed by atoms with Crippen molar-refractivity contribution in [1.29, 1.82) is 0 Å². The fourth-order valence-electron chi connectivity index (χ4n) is 2.88. The molecular weight excluding hydrogens is 288 g/mol. The van der Waals surface area contributed by atoms with Crippen molar-refractivity contribution in [1.82, 2.24) is 0 Å². The van der Waals surface area contributed by atoms with Gasteiger partial charge in [-0.3, -0.25) is 4.79 Å². The van der Waals surface area contributed by atoms with Crippen LogP contribution in [0.25, 0.3) is 0 Å². The van der Waals surface area contributed by atoms with Gasteiger partial charge in [0.15, 0.2) is 6.29 Å². The molecule has 5 nitrogen and oxygen atoms in total. The molecule has 1 heterocycles. The van der Waals surface area contributed by atoms with Crippen LogP contribution in [0.1, 0.15) is 13.3 Å². The van der Waals surface area contributed by atoms with E-state index in [0.717, 1.165) is 5.76 Å². The predicted molar refractivity (Wildman–Crippen MR) is 81.0 cm³/mol. The van der Waals surface area contributed by atoms with E-state index in [2.05, 4.69) is 25.7 Å². The summed E-state index contributed by atoms with van der Waals surface area (Å²) in [6.07, 6.45) is 2.39. The van der Waals surface area contributed by atoms with E-state index in [1.807, 2.05) is 6.92 Å². The van der Waals surface area contributed by atoms with Gasteiger partial charge < -0.3 is 18.6 Å². The van der Waals surface area contributed by atoms with Gasteiger partial charge in [0.1, 0.15) is 0 Å². The molecule has 0 aromatic carbocycles. The first-order valence-electron chi connectivity index (χ1n) is 7.53. The molecule has 120 valence electrons. The van der Waals surface area contributed by atoms with Gasteiger partial charge in [0.25, 0.3) is 0 Å². The standard InChI is InChI=1S/C15H26O5Si/c1-10-8-13(20-21(3,4)5)12(15-18-6-7-19-15)9-11(10)14(16)17-2/h8,10-12,15H,6-7,9H2,1-5H3/t10-,11?,12-/m1/s1. The Morgan fingerprint density at radius 1 is 1.29 bits per heavy atom. The third kappa shape index (κ3) is 4.08. The van der Waals surface area contributed by atoms with Crippen LogP contribution in [0.2, 0.25) is 19.6 Å². The van der Waals surface area contributed by atoms with Gasteiger partial charge in [0, 0.05) is 0 Å². The molecule has 0 spiro atoms. The number of esters is 1. The third-order valence-electron chi connectivity index (χ3n) is 3.84. The van der Waals surface area contributed by atoms with Crippen molar-refractivity contribution in [2.24, 2.45) is 17.8 Å². The maximum atomic E-state index is 12.0. The summed E-state index contributed by atoms with van der Waals surface area (Å²) in [5.74, 6) is 0.658. The zero-order valence-corrected chi connectivity index (χ0v) is 14.5. The van der Waals surface area contributed by atoms with Crippen LogP contribution in [0, 0.1) is 17.8 Å². The Balaban J connectivity index is 2.23. The van der Waals surface area contributed by atoms with Crippen molar-refractivity contribution in [2.45, 2.75) is 39.3 Å². The van der Waals surface area contributed by atoms with Crippen LogP contribution in [-0.2, 0) is 23.4 Å². The summed E-state index contributed by atoms with van der Waals surface area (Å²) >= 11 is 0. The molecule has 1 aliphatic carbocycles. The zero-order valence-electron chi connectivity index (χ0n) is 13.5. The normalized spacial score (nSPS) is 30.9. The summed E-state index contributed by atoms with van der Waals surface area (Å²) in [5, 5.41) is 0. The first-order valence-corrected chi connectivity index (χ1v) is 10.9. The van der Waals surface area contributed by atoms with Crippen molar-refractivity contribution in [3.63, 3.8) is 0 Å². The van der Waals surface area contributed by atoms with Crippen molar-refractivity contribution < 1.29 is 23.4 Å². The average Bonchev–Trinajstić information content (AvgIpc) is 2.90. The van der Waals surface area contributed by atoms with Crippen LogP contribution in [0.15, 0.2) is 11.8 Å². The highest BCUT2D eigenvalue weighted by Gasteiger charge is 2.42. The van der Waals surface area contributed by atoms with E-state index >= 15 is 0 Å². The molecule has 0 N–H and O–H groups in total. The second kappa shape index (κ2) is 6.50. The molecule has 1 aliphatic heterocycles. The Bertz CT molecular complexity index is 409. The summed E-state index contributed by atoms with van der Waals surface area (Å²) in [5.41, 5.74) is 0. The average molecular weight is 314 g/mol. The fraction of sp³-hybridized carbons (Fsp3) is 0.800. The molecule has 0 aromatic rings. The second-order valence-corrected chi connectivity index (χ2v) is 11.2. The quantitative estimate of drug-likeness (QED) is 0.589. The lowest BCUT2D eigenvalue weighted by molar-refractivity contribution is -0.150. The summed E-state index contributed by atoms with van der Waals surface area (Å²) in [7, 11) is -0.285. The van der Waals surface area contributed by atoms with E-state index in [1.54, 1.807) is 0 Å². The number of hydrogen-bond donors (Lipinski definition) is 0. The molecule has 1 unspecified atom stereocenters. The molecule has 0 saturated carbocycles. The summed E-state index contributed by atoms with van der Waals surface area (Å²) in [4.78, 5) is 12.0. The van der Waals surface area contributed by atoms with Crippen molar-refractivity contribution in [3.05, 3.63) is 11.8 Å². The summed E-state index contributed by atoms with van der Waals surface area (Å²) < 4.78 is 22.5. The van der Waals surface area contributed by atoms with Crippen LogP contribution in [0.4, 0.5) is 0 Å². The lowest BCUT2D eigenvalue weighted by Crippen LogP contribution is -2.39. The fourth-order valence-corrected chi connectivity index (χ4v) is 3.81. The molecule has 1 fully saturated rings. The van der Waals surface area contributed by atoms with Crippen LogP contribution in [0.5, 0.6) is 0 Å². The van der Waals surface area contributed by atoms with Crippen LogP contribution >= 0.6 is 0 Å². The Hall–Kier alpha value is -0.853. The smallest absolute Gasteiger partial charge is 0.309 e. The highest BCUT2D eigenvalue weighted by molar-refractivity contribution is 6.70. The van der Waals surface area contributed by atoms with Gasteiger partial charge in [-0.05, 0) is 38.1 Å². The minimum Gasteiger partial charge on any atom is -0.547 e. The Labute approximate surface area is 127 Å². The number of methoxy groups -OCH3 is 1. The van der Waals surface area contributed by atoms with Gasteiger partial charge in [-0.1, -0.05) is 6.92 Å². The molecule has 6 heteroatoms. The SMILES string of the molecule is COC(=O)C1C[C@@H](C2OCCO2)C(O[Si](C)(C)C)=C[C@H]1C. The van der Waals surface area contributed by atoms with Crippen molar-refractivity contribution in [3.8, 4) is 0 Å². The Kier molecular flexibility index (Phi) is 5.11. The number of rotatable bonds is 4. The predicted octanol–water partition coefficient (Wildman–Crippen LogP) is 2.54. The highest BCUT2D eigenvalue weighted by atomic mass is 28.4. The maximum Gasteiger partial charge on any atom is 0.309 e. The molecule has 2 aliphatic rings. The second-order valence-electron chi connectivity index (χ2n) is 6.72. The summed E-state index contributed by atoms with van der Waals surface area (Å²) in [6, 6.07) is 0. The number of ether oxygens (including phenoxy) is 3. The van der Waals surface area contributed by atoms with E-state index in [0.29, 0.717) is 19.6 Å². The van der Waals surface area contributed by atoms with E-state index in [9.17, 15) is 4.79 Å². The first-order chi connectivity index (χ1) is 9.81. The Morgan fingerprint density at radius 2 is 1.90 bits per heavy atom. The van der Waals surface area contributed by atoms with E-state index in [-0.39, 0.29) is 30.0 Å². The molecule has 0 radical (unpaired) electrons. The molecule has 0 aromatic heterocycles. The van der Waals surface area contributed by atoms with Crippen molar-refractivity contribution in [2.75, 3.05) is 20.3 Å². The van der Waals surface area contributed by atoms with Crippen LogP contribution in [-0.4, -0.2) is 40.9 Å². The molecule has 21 heavy (non-hydrogen) atoms. The van der Waals surface area contributed by atoms with Gasteiger partial charge in [-0.2, -0.15) is 0 Å². The van der Waals surface area contributed by atoms with Crippen molar-refractivity contribution >= 4 is 14.3 Å². The largest absolute Gasteiger partial charge is 0.547 e. The maximum absolute atomic E-state index is 12.0. The van der Waals surface area contributed by atoms with Gasteiger partial charge in [0.2, 0.25) is 8.32 Å². The van der Waals surface area contributed by atoms with E-state index < -0.39 is 8.32 Å². The third-order valence-corrected chi connectivity index (χ3v) is 4.69. The zero-order chi connectivity index (χ0) is 15.6. The molecule has 0 bridgehead atoms. The molecule has 3 atom stereocenters. The lowest BCUT2D eigenvalue weighted by Gasteiger charge is -2.37. The molecular formula is C15H26O5Si. The number of carbonyl (C=O) groups is 1. The van der Waals surface area contributed by atoms with E-state index in [1.165, 1.54) is 7.11 Å². The minimum absolute atomic E-state index is 0.0282. The Morgan fingerprint density at radius 3 is 2.43 bits per heavy atom. The van der Waals surface area contributed by atoms with Crippen LogP contribution < -0.4 is 0 Å². The number of allylic oxidation sites excluding steroid dienone is 1. The molecule has 1 saturated heterocycles. The van der Waals surface area contributed by atoms with Gasteiger partial charge in [0.05, 0.1) is 37.9 Å². The van der Waals surface area contributed by atoms with Crippen LogP contribution in [0.3, 0.4) is 0 Å². The lowest BCUT2D eigenvalue weighted by atomic mass is 9.78. The van der Waals surface area contributed by atoms with E-state index in [4.69, 9.17) is 18.6 Å². The number of carbonyl (C=O) groups excluding carboxylic acids is 1. The highest BCUT2D eigenvalue weighted by Crippen LogP contribution is 2.39. The van der Waals surface area contributed by atoms with Gasteiger partial charge >= 0.3 is 5.97 Å².